The molecule has 2 aromatic carbocycles. The van der Waals surface area contributed by atoms with E-state index in [1.54, 1.807) is 24.3 Å². The van der Waals surface area contributed by atoms with Gasteiger partial charge in [0.1, 0.15) is 5.75 Å². The maximum atomic E-state index is 12.4. The van der Waals surface area contributed by atoms with Gasteiger partial charge in [-0.1, -0.05) is 29.8 Å². The van der Waals surface area contributed by atoms with Gasteiger partial charge in [0.2, 0.25) is 0 Å². The first-order chi connectivity index (χ1) is 12.8. The number of hydrogen-bond acceptors (Lipinski definition) is 4. The van der Waals surface area contributed by atoms with Crippen molar-refractivity contribution >= 4 is 37.5 Å². The van der Waals surface area contributed by atoms with Gasteiger partial charge in [0, 0.05) is 16.7 Å². The van der Waals surface area contributed by atoms with Gasteiger partial charge in [-0.3, -0.25) is 9.52 Å². The highest BCUT2D eigenvalue weighted by molar-refractivity contribution is 9.10. The second-order valence-corrected chi connectivity index (χ2v) is 9.00. The van der Waals surface area contributed by atoms with E-state index in [0.717, 1.165) is 10.9 Å². The van der Waals surface area contributed by atoms with Crippen molar-refractivity contribution in [1.29, 1.82) is 0 Å². The van der Waals surface area contributed by atoms with E-state index in [2.05, 4.69) is 39.8 Å². The highest BCUT2D eigenvalue weighted by atomic mass is 79.9. The average Bonchev–Trinajstić information content (AvgIpc) is 2.62. The van der Waals surface area contributed by atoms with Crippen LogP contribution in [0.5, 0.6) is 5.75 Å². The topological polar surface area (TPSA) is 84.5 Å². The molecule has 0 aliphatic carbocycles. The fourth-order valence-electron chi connectivity index (χ4n) is 2.15. The van der Waals surface area contributed by atoms with Gasteiger partial charge < -0.3 is 10.1 Å². The molecule has 8 heteroatoms. The molecule has 27 heavy (non-hydrogen) atoms. The van der Waals surface area contributed by atoms with Crippen molar-refractivity contribution in [2.75, 3.05) is 17.9 Å². The molecule has 2 N–H and O–H groups in total. The summed E-state index contributed by atoms with van der Waals surface area (Å²) < 4.78 is 33.6. The van der Waals surface area contributed by atoms with Gasteiger partial charge in [-0.05, 0) is 60.9 Å². The molecule has 0 saturated carbocycles. The van der Waals surface area contributed by atoms with E-state index in [9.17, 15) is 13.2 Å². The number of halogens is 1. The van der Waals surface area contributed by atoms with Crippen LogP contribution in [0.1, 0.15) is 20.3 Å². The molecule has 0 saturated heterocycles. The van der Waals surface area contributed by atoms with Crippen molar-refractivity contribution in [2.24, 2.45) is 5.92 Å². The maximum absolute atomic E-state index is 12.4. The van der Waals surface area contributed by atoms with E-state index < -0.39 is 10.0 Å². The van der Waals surface area contributed by atoms with E-state index in [1.165, 1.54) is 24.3 Å². The van der Waals surface area contributed by atoms with Crippen LogP contribution in [-0.2, 0) is 14.8 Å². The molecule has 0 atom stereocenters. The summed E-state index contributed by atoms with van der Waals surface area (Å²) in [7, 11) is -3.69. The summed E-state index contributed by atoms with van der Waals surface area (Å²) in [4.78, 5) is 11.8. The molecule has 0 radical (unpaired) electrons. The molecule has 0 aromatic heterocycles. The van der Waals surface area contributed by atoms with Gasteiger partial charge in [-0.2, -0.15) is 0 Å². The monoisotopic (exact) mass is 454 g/mol. The standard InChI is InChI=1S/C19H23BrN2O4S/c1-14(2)11-12-21-19(23)13-26-17-7-9-18(10-8-17)27(24,25)22-16-5-3-15(20)4-6-16/h3-10,14,22H,11-13H2,1-2H3,(H,21,23). The minimum absolute atomic E-state index is 0.110. The lowest BCUT2D eigenvalue weighted by Gasteiger charge is -2.10. The molecule has 0 aliphatic rings. The summed E-state index contributed by atoms with van der Waals surface area (Å²) >= 11 is 3.30. The number of sulfonamides is 1. The van der Waals surface area contributed by atoms with Crippen molar-refractivity contribution in [1.82, 2.24) is 5.32 Å². The van der Waals surface area contributed by atoms with Gasteiger partial charge in [-0.15, -0.1) is 0 Å². The number of hydrogen-bond donors (Lipinski definition) is 2. The summed E-state index contributed by atoms with van der Waals surface area (Å²) in [6.07, 6.45) is 0.906. The van der Waals surface area contributed by atoms with Gasteiger partial charge in [0.25, 0.3) is 15.9 Å². The third-order valence-corrected chi connectivity index (χ3v) is 5.57. The summed E-state index contributed by atoms with van der Waals surface area (Å²) in [5, 5.41) is 2.78. The zero-order valence-electron chi connectivity index (χ0n) is 15.2. The van der Waals surface area contributed by atoms with E-state index in [1.807, 2.05) is 0 Å². The summed E-state index contributed by atoms with van der Waals surface area (Å²) in [6, 6.07) is 12.8. The first kappa shape index (κ1) is 21.2. The Morgan fingerprint density at radius 1 is 1.07 bits per heavy atom. The Hall–Kier alpha value is -2.06. The summed E-state index contributed by atoms with van der Waals surface area (Å²) in [6.45, 7) is 4.67. The molecule has 1 amide bonds. The van der Waals surface area contributed by atoms with Crippen molar-refractivity contribution < 1.29 is 17.9 Å². The van der Waals surface area contributed by atoms with Gasteiger partial charge >= 0.3 is 0 Å². The molecule has 2 rings (SSSR count). The number of rotatable bonds is 9. The minimum atomic E-state index is -3.69. The molecule has 0 unspecified atom stereocenters. The number of ether oxygens (including phenoxy) is 1. The van der Waals surface area contributed by atoms with Crippen molar-refractivity contribution in [2.45, 2.75) is 25.2 Å². The molecule has 0 aliphatic heterocycles. The van der Waals surface area contributed by atoms with Crippen LogP contribution in [0.3, 0.4) is 0 Å². The Morgan fingerprint density at radius 2 is 1.70 bits per heavy atom. The Labute approximate surface area is 168 Å². The molecule has 0 bridgehead atoms. The van der Waals surface area contributed by atoms with E-state index >= 15 is 0 Å². The first-order valence-corrected chi connectivity index (χ1v) is 10.8. The van der Waals surface area contributed by atoms with Crippen molar-refractivity contribution in [3.63, 3.8) is 0 Å². The predicted octanol–water partition coefficient (Wildman–Crippen LogP) is 3.79. The van der Waals surface area contributed by atoms with Crippen molar-refractivity contribution in [3.05, 3.63) is 53.0 Å². The van der Waals surface area contributed by atoms with E-state index in [-0.39, 0.29) is 17.4 Å². The third kappa shape index (κ3) is 7.22. The molecular weight excluding hydrogens is 432 g/mol. The Balaban J connectivity index is 1.90. The molecule has 0 heterocycles. The third-order valence-electron chi connectivity index (χ3n) is 3.64. The summed E-state index contributed by atoms with van der Waals surface area (Å²) in [5.74, 6) is 0.743. The lowest BCUT2D eigenvalue weighted by molar-refractivity contribution is -0.123. The highest BCUT2D eigenvalue weighted by Crippen LogP contribution is 2.20. The Morgan fingerprint density at radius 3 is 2.30 bits per heavy atom. The van der Waals surface area contributed by atoms with Crippen LogP contribution in [0, 0.1) is 5.92 Å². The first-order valence-electron chi connectivity index (χ1n) is 8.54. The van der Waals surface area contributed by atoms with Crippen LogP contribution in [0.2, 0.25) is 0 Å². The number of carbonyl (C=O) groups is 1. The fraction of sp³-hybridized carbons (Fsp3) is 0.316. The zero-order valence-corrected chi connectivity index (χ0v) is 17.6. The molecule has 2 aromatic rings. The summed E-state index contributed by atoms with van der Waals surface area (Å²) in [5.41, 5.74) is 0.469. The van der Waals surface area contributed by atoms with Gasteiger partial charge in [0.15, 0.2) is 6.61 Å². The minimum Gasteiger partial charge on any atom is -0.484 e. The largest absolute Gasteiger partial charge is 0.484 e. The van der Waals surface area contributed by atoms with Gasteiger partial charge in [-0.25, -0.2) is 8.42 Å². The van der Waals surface area contributed by atoms with E-state index in [0.29, 0.717) is 23.9 Å². The average molecular weight is 455 g/mol. The molecule has 146 valence electrons. The lowest BCUT2D eigenvalue weighted by atomic mass is 10.1. The SMILES string of the molecule is CC(C)CCNC(=O)COc1ccc(S(=O)(=O)Nc2ccc(Br)cc2)cc1. The number of nitrogens with one attached hydrogen (secondary N) is 2. The molecular formula is C19H23BrN2O4S. The van der Waals surface area contributed by atoms with E-state index in [4.69, 9.17) is 4.74 Å². The van der Waals surface area contributed by atoms with Crippen LogP contribution in [0.25, 0.3) is 0 Å². The van der Waals surface area contributed by atoms with Crippen LogP contribution in [0.15, 0.2) is 57.9 Å². The molecule has 0 spiro atoms. The Bertz CT molecular complexity index is 850. The second-order valence-electron chi connectivity index (χ2n) is 6.40. The van der Waals surface area contributed by atoms with Crippen molar-refractivity contribution in [3.8, 4) is 5.75 Å². The molecule has 0 fully saturated rings. The zero-order chi connectivity index (χ0) is 19.9. The number of amides is 1. The number of anilines is 1. The normalized spacial score (nSPS) is 11.3. The highest BCUT2D eigenvalue weighted by Gasteiger charge is 2.14. The lowest BCUT2D eigenvalue weighted by Crippen LogP contribution is -2.30. The quantitative estimate of drug-likeness (QED) is 0.603. The Kier molecular flexibility index (Phi) is 7.67. The fourth-order valence-corrected chi connectivity index (χ4v) is 3.47. The van der Waals surface area contributed by atoms with Crippen LogP contribution in [0.4, 0.5) is 5.69 Å². The van der Waals surface area contributed by atoms with Gasteiger partial charge in [0.05, 0.1) is 4.90 Å². The van der Waals surface area contributed by atoms with Crippen LogP contribution in [-0.4, -0.2) is 27.5 Å². The number of benzene rings is 2. The van der Waals surface area contributed by atoms with Crippen LogP contribution < -0.4 is 14.8 Å². The number of carbonyl (C=O) groups excluding carboxylic acids is 1. The molecule has 6 nitrogen and oxygen atoms in total. The smallest absolute Gasteiger partial charge is 0.261 e. The predicted molar refractivity (Wildman–Crippen MR) is 109 cm³/mol. The second kappa shape index (κ2) is 9.75. The maximum Gasteiger partial charge on any atom is 0.261 e. The van der Waals surface area contributed by atoms with Crippen LogP contribution >= 0.6 is 15.9 Å².